The van der Waals surface area contributed by atoms with Crippen LogP contribution in [-0.2, 0) is 6.54 Å². The van der Waals surface area contributed by atoms with Gasteiger partial charge in [-0.1, -0.05) is 12.1 Å². The van der Waals surface area contributed by atoms with E-state index in [0.29, 0.717) is 17.9 Å². The van der Waals surface area contributed by atoms with Gasteiger partial charge in [0.15, 0.2) is 0 Å². The van der Waals surface area contributed by atoms with E-state index < -0.39 is 6.03 Å². The zero-order valence-electron chi connectivity index (χ0n) is 21.4. The Balaban J connectivity index is 1.27. The highest BCUT2D eigenvalue weighted by molar-refractivity contribution is 6.04. The third kappa shape index (κ3) is 5.53. The van der Waals surface area contributed by atoms with E-state index in [1.807, 2.05) is 67.6 Å². The van der Waals surface area contributed by atoms with Crippen molar-refractivity contribution in [1.29, 1.82) is 0 Å². The second-order valence-electron chi connectivity index (χ2n) is 9.57. The predicted molar refractivity (Wildman–Crippen MR) is 149 cm³/mol. The normalized spacial score (nSPS) is 14.5. The Bertz CT molecular complexity index is 1440. The fourth-order valence-corrected chi connectivity index (χ4v) is 4.95. The smallest absolute Gasteiger partial charge is 0.323 e. The van der Waals surface area contributed by atoms with Crippen LogP contribution in [0.5, 0.6) is 0 Å². The van der Waals surface area contributed by atoms with Crippen molar-refractivity contribution in [2.45, 2.75) is 32.4 Å². The van der Waals surface area contributed by atoms with Crippen molar-refractivity contribution in [3.8, 4) is 0 Å². The number of aromatic nitrogens is 2. The lowest BCUT2D eigenvalue weighted by Crippen LogP contribution is -2.35. The lowest BCUT2D eigenvalue weighted by molar-refractivity contribution is 0.0792. The molecule has 0 atom stereocenters. The van der Waals surface area contributed by atoms with Crippen LogP contribution in [0.1, 0.15) is 35.7 Å². The summed E-state index contributed by atoms with van der Waals surface area (Å²) in [6, 6.07) is 18.5. The predicted octanol–water partition coefficient (Wildman–Crippen LogP) is 4.33. The highest BCUT2D eigenvalue weighted by atomic mass is 16.3. The Morgan fingerprint density at radius 2 is 1.79 bits per heavy atom. The van der Waals surface area contributed by atoms with E-state index in [9.17, 15) is 14.7 Å². The van der Waals surface area contributed by atoms with Crippen LogP contribution in [0, 0.1) is 0 Å². The number of nitrogens with one attached hydrogen (secondary N) is 1. The number of amides is 2. The average molecular weight is 513 g/mol. The third-order valence-electron chi connectivity index (χ3n) is 7.02. The SMILES string of the molecule is CCN(c1ccnc(NC(=O)c2ccc(CN3CCC(O)CC3)cc2)c1)c1ccc2c(ccn2C(N)=O)c1. The molecule has 2 aromatic carbocycles. The van der Waals surface area contributed by atoms with E-state index >= 15 is 0 Å². The van der Waals surface area contributed by atoms with Crippen molar-refractivity contribution in [1.82, 2.24) is 14.5 Å². The van der Waals surface area contributed by atoms with Gasteiger partial charge >= 0.3 is 6.03 Å². The summed E-state index contributed by atoms with van der Waals surface area (Å²) in [4.78, 5) is 33.3. The Labute approximate surface area is 221 Å². The Hall–Kier alpha value is -4.21. The number of likely N-dealkylation sites (tertiary alicyclic amines) is 1. The summed E-state index contributed by atoms with van der Waals surface area (Å²) < 4.78 is 1.42. The van der Waals surface area contributed by atoms with Gasteiger partial charge in [-0.3, -0.25) is 14.3 Å². The van der Waals surface area contributed by atoms with Gasteiger partial charge in [0.25, 0.3) is 5.91 Å². The van der Waals surface area contributed by atoms with Crippen LogP contribution in [0.3, 0.4) is 0 Å². The Morgan fingerprint density at radius 1 is 1.05 bits per heavy atom. The summed E-state index contributed by atoms with van der Waals surface area (Å²) in [5.74, 6) is 0.238. The number of hydrogen-bond donors (Lipinski definition) is 3. The van der Waals surface area contributed by atoms with Crippen LogP contribution in [0.15, 0.2) is 73.1 Å². The minimum absolute atomic E-state index is 0.186. The maximum atomic E-state index is 12.9. The number of pyridine rings is 1. The number of rotatable bonds is 7. The number of piperidine rings is 1. The topological polar surface area (TPSA) is 117 Å². The van der Waals surface area contributed by atoms with E-state index in [1.165, 1.54) is 4.57 Å². The zero-order chi connectivity index (χ0) is 26.6. The second-order valence-corrected chi connectivity index (χ2v) is 9.57. The number of aliphatic hydroxyl groups is 1. The first kappa shape index (κ1) is 25.4. The van der Waals surface area contributed by atoms with Crippen molar-refractivity contribution < 1.29 is 14.7 Å². The first-order chi connectivity index (χ1) is 18.4. The second kappa shape index (κ2) is 11.0. The standard InChI is InChI=1S/C29H32N6O3/c1-2-34(23-7-8-26-22(17-23)10-16-35(26)29(30)38)24-9-13-31-27(18-24)32-28(37)21-5-3-20(4-6-21)19-33-14-11-25(36)12-15-33/h3-10,13,16-18,25,36H,2,11-12,14-15,19H2,1H3,(H2,30,38)(H,31,32,37). The number of carbonyl (C=O) groups excluding carboxylic acids is 2. The first-order valence-electron chi connectivity index (χ1n) is 12.9. The molecule has 196 valence electrons. The van der Waals surface area contributed by atoms with Gasteiger partial charge < -0.3 is 21.1 Å². The molecule has 38 heavy (non-hydrogen) atoms. The van der Waals surface area contributed by atoms with Gasteiger partial charge in [-0.2, -0.15) is 0 Å². The molecule has 0 radical (unpaired) electrons. The largest absolute Gasteiger partial charge is 0.393 e. The molecule has 0 aliphatic carbocycles. The van der Waals surface area contributed by atoms with Crippen LogP contribution in [-0.4, -0.2) is 57.2 Å². The molecule has 5 rings (SSSR count). The number of anilines is 3. The first-order valence-corrected chi connectivity index (χ1v) is 12.9. The summed E-state index contributed by atoms with van der Waals surface area (Å²) >= 11 is 0. The highest BCUT2D eigenvalue weighted by Gasteiger charge is 2.17. The van der Waals surface area contributed by atoms with E-state index in [2.05, 4.69) is 20.1 Å². The number of hydrogen-bond acceptors (Lipinski definition) is 6. The lowest BCUT2D eigenvalue weighted by Gasteiger charge is -2.29. The van der Waals surface area contributed by atoms with Gasteiger partial charge in [-0.15, -0.1) is 0 Å². The summed E-state index contributed by atoms with van der Waals surface area (Å²) in [6.07, 6.45) is 4.76. The molecular formula is C29H32N6O3. The third-order valence-corrected chi connectivity index (χ3v) is 7.02. The van der Waals surface area contributed by atoms with E-state index in [0.717, 1.165) is 60.3 Å². The number of fused-ring (bicyclic) bond motifs is 1. The number of nitrogens with zero attached hydrogens (tertiary/aromatic N) is 4. The molecule has 4 aromatic rings. The summed E-state index contributed by atoms with van der Waals surface area (Å²) in [6.45, 7) is 5.31. The van der Waals surface area contributed by atoms with Gasteiger partial charge in [0.05, 0.1) is 11.6 Å². The molecule has 0 unspecified atom stereocenters. The molecule has 4 N–H and O–H groups in total. The maximum absolute atomic E-state index is 12.9. The van der Waals surface area contributed by atoms with Gasteiger partial charge in [0.1, 0.15) is 5.82 Å². The monoisotopic (exact) mass is 512 g/mol. The average Bonchev–Trinajstić information content (AvgIpc) is 3.35. The van der Waals surface area contributed by atoms with Crippen LogP contribution in [0.25, 0.3) is 10.9 Å². The van der Waals surface area contributed by atoms with E-state index in [4.69, 9.17) is 5.73 Å². The lowest BCUT2D eigenvalue weighted by atomic mass is 10.1. The van der Waals surface area contributed by atoms with Crippen LogP contribution in [0.2, 0.25) is 0 Å². The number of nitrogens with two attached hydrogens (primary N) is 1. The van der Waals surface area contributed by atoms with Gasteiger partial charge in [-0.05, 0) is 67.8 Å². The number of aliphatic hydroxyl groups excluding tert-OH is 1. The van der Waals surface area contributed by atoms with Crippen molar-refractivity contribution in [2.75, 3.05) is 29.9 Å². The Morgan fingerprint density at radius 3 is 2.50 bits per heavy atom. The van der Waals surface area contributed by atoms with Crippen molar-refractivity contribution in [3.63, 3.8) is 0 Å². The molecule has 2 aromatic heterocycles. The molecule has 1 aliphatic heterocycles. The Kier molecular flexibility index (Phi) is 7.39. The number of carbonyl (C=O) groups is 2. The molecule has 9 nitrogen and oxygen atoms in total. The minimum atomic E-state index is -0.521. The molecule has 1 fully saturated rings. The molecule has 1 saturated heterocycles. The maximum Gasteiger partial charge on any atom is 0.323 e. The van der Waals surface area contributed by atoms with Gasteiger partial charge in [0.2, 0.25) is 0 Å². The minimum Gasteiger partial charge on any atom is -0.393 e. The number of benzene rings is 2. The molecule has 1 aliphatic rings. The van der Waals surface area contributed by atoms with Crippen molar-refractivity contribution in [3.05, 3.63) is 84.2 Å². The summed E-state index contributed by atoms with van der Waals surface area (Å²) in [5, 5.41) is 13.5. The van der Waals surface area contributed by atoms with Crippen LogP contribution >= 0.6 is 0 Å². The zero-order valence-corrected chi connectivity index (χ0v) is 21.4. The van der Waals surface area contributed by atoms with E-state index in [-0.39, 0.29) is 12.0 Å². The summed E-state index contributed by atoms with van der Waals surface area (Å²) in [5.41, 5.74) is 9.73. The van der Waals surface area contributed by atoms with Gasteiger partial charge in [0, 0.05) is 67.0 Å². The molecule has 9 heteroatoms. The highest BCUT2D eigenvalue weighted by Crippen LogP contribution is 2.30. The van der Waals surface area contributed by atoms with Crippen molar-refractivity contribution in [2.24, 2.45) is 5.73 Å². The van der Waals surface area contributed by atoms with Crippen LogP contribution in [0.4, 0.5) is 22.0 Å². The molecule has 0 spiro atoms. The van der Waals surface area contributed by atoms with E-state index in [1.54, 1.807) is 12.4 Å². The quantitative estimate of drug-likeness (QED) is 0.339. The fraction of sp³-hybridized carbons (Fsp3) is 0.276. The van der Waals surface area contributed by atoms with Gasteiger partial charge in [-0.25, -0.2) is 9.78 Å². The molecule has 3 heterocycles. The fourth-order valence-electron chi connectivity index (χ4n) is 4.95. The van der Waals surface area contributed by atoms with Crippen molar-refractivity contribution >= 4 is 40.0 Å². The molecular weight excluding hydrogens is 480 g/mol. The molecule has 2 amide bonds. The summed E-state index contributed by atoms with van der Waals surface area (Å²) in [7, 11) is 0. The molecule has 0 bridgehead atoms. The molecule has 0 saturated carbocycles. The number of primary amides is 1. The van der Waals surface area contributed by atoms with Crippen LogP contribution < -0.4 is 16.0 Å².